The molecule has 0 bridgehead atoms. The topological polar surface area (TPSA) is 100 Å². The van der Waals surface area contributed by atoms with E-state index in [0.29, 0.717) is 15.8 Å². The molecule has 2 N–H and O–H groups in total. The van der Waals surface area contributed by atoms with Crippen LogP contribution in [0, 0.1) is 0 Å². The second-order valence-corrected chi connectivity index (χ2v) is 4.49. The zero-order valence-corrected chi connectivity index (χ0v) is 12.2. The van der Waals surface area contributed by atoms with E-state index in [0.717, 1.165) is 6.08 Å². The van der Waals surface area contributed by atoms with Gasteiger partial charge in [0.2, 0.25) is 5.95 Å². The van der Waals surface area contributed by atoms with Gasteiger partial charge in [0.25, 0.3) is 11.7 Å². The fourth-order valence-corrected chi connectivity index (χ4v) is 1.69. The minimum absolute atomic E-state index is 0.316. The molecule has 0 amide bonds. The van der Waals surface area contributed by atoms with E-state index < -0.39 is 29.8 Å². The van der Waals surface area contributed by atoms with Crippen molar-refractivity contribution in [3.8, 4) is 0 Å². The highest BCUT2D eigenvalue weighted by molar-refractivity contribution is 5.94. The first-order valence-electron chi connectivity index (χ1n) is 6.43. The van der Waals surface area contributed by atoms with Gasteiger partial charge < -0.3 is 10.5 Å². The zero-order chi connectivity index (χ0) is 17.9. The Labute approximate surface area is 133 Å². The molecule has 1 heterocycles. The number of benzene rings is 1. The molecular formula is C14H11F3N4O3. The van der Waals surface area contributed by atoms with Crippen LogP contribution in [0.15, 0.2) is 30.3 Å². The number of esters is 1. The number of methoxy groups -OCH3 is 1. The number of carbonyl (C=O) groups is 2. The van der Waals surface area contributed by atoms with Gasteiger partial charge in [-0.3, -0.25) is 4.79 Å². The van der Waals surface area contributed by atoms with Crippen molar-refractivity contribution in [1.82, 2.24) is 14.8 Å². The number of alkyl halides is 3. The van der Waals surface area contributed by atoms with Gasteiger partial charge in [0, 0.05) is 6.08 Å². The molecule has 0 spiro atoms. The molecule has 0 saturated heterocycles. The van der Waals surface area contributed by atoms with E-state index in [1.54, 1.807) is 0 Å². The third-order valence-corrected chi connectivity index (χ3v) is 2.84. The van der Waals surface area contributed by atoms with Gasteiger partial charge in [0.05, 0.1) is 12.7 Å². The summed E-state index contributed by atoms with van der Waals surface area (Å²) in [6, 6.07) is 6.01. The van der Waals surface area contributed by atoms with E-state index in [4.69, 9.17) is 5.73 Å². The van der Waals surface area contributed by atoms with Gasteiger partial charge in [0.15, 0.2) is 0 Å². The van der Waals surface area contributed by atoms with Crippen LogP contribution in [0.3, 0.4) is 0 Å². The highest BCUT2D eigenvalue weighted by Gasteiger charge is 2.37. The number of nitrogens with zero attached hydrogens (tertiary/aromatic N) is 3. The Morgan fingerprint density at radius 1 is 1.25 bits per heavy atom. The van der Waals surface area contributed by atoms with Crippen molar-refractivity contribution in [3.63, 3.8) is 0 Å². The summed E-state index contributed by atoms with van der Waals surface area (Å²) in [5, 5.41) is 3.04. The highest BCUT2D eigenvalue weighted by atomic mass is 19.4. The molecular weight excluding hydrogens is 329 g/mol. The molecule has 0 aliphatic heterocycles. The summed E-state index contributed by atoms with van der Waals surface area (Å²) in [6.45, 7) is 0. The maximum Gasteiger partial charge on any atom is 0.453 e. The van der Waals surface area contributed by atoms with Crippen molar-refractivity contribution in [3.05, 3.63) is 47.3 Å². The lowest BCUT2D eigenvalue weighted by Gasteiger charge is -2.00. The Hall–Kier alpha value is -3.17. The fraction of sp³-hybridized carbons (Fsp3) is 0.143. The molecule has 0 radical (unpaired) electrons. The van der Waals surface area contributed by atoms with Crippen LogP contribution in [0.25, 0.3) is 6.08 Å². The van der Waals surface area contributed by atoms with Crippen LogP contribution in [0.5, 0.6) is 0 Å². The molecule has 0 fully saturated rings. The number of allylic oxidation sites excluding steroid dienone is 1. The molecule has 7 nitrogen and oxygen atoms in total. The molecule has 0 saturated carbocycles. The van der Waals surface area contributed by atoms with E-state index in [-0.39, 0.29) is 0 Å². The van der Waals surface area contributed by atoms with Crippen molar-refractivity contribution in [2.24, 2.45) is 0 Å². The summed E-state index contributed by atoms with van der Waals surface area (Å²) < 4.78 is 42.3. The van der Waals surface area contributed by atoms with Crippen LogP contribution in [0.1, 0.15) is 26.5 Å². The van der Waals surface area contributed by atoms with Crippen LogP contribution in [0.4, 0.5) is 19.1 Å². The van der Waals surface area contributed by atoms with Crippen molar-refractivity contribution in [1.29, 1.82) is 0 Å². The number of carbonyl (C=O) groups excluding carboxylic acids is 2. The maximum atomic E-state index is 12.5. The second-order valence-electron chi connectivity index (χ2n) is 4.49. The molecule has 0 aliphatic carbocycles. The molecule has 1 aromatic heterocycles. The van der Waals surface area contributed by atoms with Crippen molar-refractivity contribution < 1.29 is 27.5 Å². The monoisotopic (exact) mass is 340 g/mol. The minimum Gasteiger partial charge on any atom is -0.465 e. The number of anilines is 1. The second kappa shape index (κ2) is 6.52. The standard InChI is InChI=1S/C14H11F3N4O3/c1-24-11(23)9-5-2-8(3-6-9)4-7-10(22)21-13(18)19-12(20-21)14(15,16)17/h2-7H,1H3,(H2,18,19,20). The van der Waals surface area contributed by atoms with Gasteiger partial charge in [-0.15, -0.1) is 5.10 Å². The third kappa shape index (κ3) is 3.77. The van der Waals surface area contributed by atoms with Crippen LogP contribution < -0.4 is 5.73 Å². The largest absolute Gasteiger partial charge is 0.465 e. The van der Waals surface area contributed by atoms with Crippen LogP contribution in [0.2, 0.25) is 0 Å². The quantitative estimate of drug-likeness (QED) is 0.678. The van der Waals surface area contributed by atoms with Gasteiger partial charge in [-0.1, -0.05) is 12.1 Å². The van der Waals surface area contributed by atoms with Gasteiger partial charge in [-0.2, -0.15) is 22.8 Å². The van der Waals surface area contributed by atoms with E-state index in [1.165, 1.54) is 37.5 Å². The molecule has 0 unspecified atom stereocenters. The normalized spacial score (nSPS) is 11.7. The average Bonchev–Trinajstić information content (AvgIpc) is 2.94. The average molecular weight is 340 g/mol. The fourth-order valence-electron chi connectivity index (χ4n) is 1.69. The summed E-state index contributed by atoms with van der Waals surface area (Å²) >= 11 is 0. The summed E-state index contributed by atoms with van der Waals surface area (Å²) in [4.78, 5) is 26.1. The van der Waals surface area contributed by atoms with Gasteiger partial charge in [0.1, 0.15) is 0 Å². The smallest absolute Gasteiger partial charge is 0.453 e. The Morgan fingerprint density at radius 2 is 1.88 bits per heavy atom. The van der Waals surface area contributed by atoms with Crippen molar-refractivity contribution in [2.75, 3.05) is 12.8 Å². The third-order valence-electron chi connectivity index (χ3n) is 2.84. The first-order chi connectivity index (χ1) is 11.2. The molecule has 0 aliphatic rings. The molecule has 2 aromatic rings. The number of ether oxygens (including phenoxy) is 1. The van der Waals surface area contributed by atoms with Crippen molar-refractivity contribution >= 4 is 23.9 Å². The molecule has 24 heavy (non-hydrogen) atoms. The molecule has 1 aromatic carbocycles. The number of nitrogens with two attached hydrogens (primary N) is 1. The predicted octanol–water partition coefficient (Wildman–Crippen LogP) is 2.02. The van der Waals surface area contributed by atoms with Gasteiger partial charge in [-0.05, 0) is 23.8 Å². The number of aromatic nitrogens is 3. The Balaban J connectivity index is 2.16. The number of rotatable bonds is 3. The minimum atomic E-state index is -4.80. The number of hydrogen-bond acceptors (Lipinski definition) is 6. The Morgan fingerprint density at radius 3 is 2.38 bits per heavy atom. The summed E-state index contributed by atoms with van der Waals surface area (Å²) in [5.41, 5.74) is 6.11. The summed E-state index contributed by atoms with van der Waals surface area (Å²) in [7, 11) is 1.24. The van der Waals surface area contributed by atoms with E-state index in [1.807, 2.05) is 0 Å². The first kappa shape index (κ1) is 17.2. The molecule has 0 atom stereocenters. The first-order valence-corrected chi connectivity index (χ1v) is 6.43. The Bertz CT molecular complexity index is 795. The van der Waals surface area contributed by atoms with Crippen LogP contribution >= 0.6 is 0 Å². The number of hydrogen-bond donors (Lipinski definition) is 1. The van der Waals surface area contributed by atoms with E-state index in [2.05, 4.69) is 14.8 Å². The van der Waals surface area contributed by atoms with E-state index in [9.17, 15) is 22.8 Å². The maximum absolute atomic E-state index is 12.5. The lowest BCUT2D eigenvalue weighted by Crippen LogP contribution is -2.14. The summed E-state index contributed by atoms with van der Waals surface area (Å²) in [5.74, 6) is -3.58. The lowest BCUT2D eigenvalue weighted by molar-refractivity contribution is -0.144. The predicted molar refractivity (Wildman–Crippen MR) is 76.9 cm³/mol. The zero-order valence-electron chi connectivity index (χ0n) is 12.2. The Kier molecular flexibility index (Phi) is 4.67. The van der Waals surface area contributed by atoms with E-state index >= 15 is 0 Å². The van der Waals surface area contributed by atoms with Crippen molar-refractivity contribution in [2.45, 2.75) is 6.18 Å². The van der Waals surface area contributed by atoms with Gasteiger partial charge >= 0.3 is 12.1 Å². The van der Waals surface area contributed by atoms with Gasteiger partial charge in [-0.25, -0.2) is 4.79 Å². The number of halogens is 3. The number of nitrogen functional groups attached to an aromatic ring is 1. The van der Waals surface area contributed by atoms with Crippen LogP contribution in [-0.4, -0.2) is 33.8 Å². The molecule has 126 valence electrons. The summed E-state index contributed by atoms with van der Waals surface area (Å²) in [6.07, 6.45) is -2.48. The lowest BCUT2D eigenvalue weighted by atomic mass is 10.1. The SMILES string of the molecule is COC(=O)c1ccc(C=CC(=O)n2nc(C(F)(F)F)nc2N)cc1. The molecule has 2 rings (SSSR count). The highest BCUT2D eigenvalue weighted by Crippen LogP contribution is 2.26. The van der Waals surface area contributed by atoms with Crippen LogP contribution in [-0.2, 0) is 10.9 Å². The molecule has 10 heteroatoms.